The summed E-state index contributed by atoms with van der Waals surface area (Å²) in [5.41, 5.74) is 2.57. The van der Waals surface area contributed by atoms with E-state index in [-0.39, 0.29) is 16.7 Å². The van der Waals surface area contributed by atoms with Crippen molar-refractivity contribution in [2.75, 3.05) is 36.4 Å². The molecule has 2 amide bonds. The topological polar surface area (TPSA) is 98.8 Å². The molecule has 0 aliphatic carbocycles. The van der Waals surface area contributed by atoms with Gasteiger partial charge < -0.3 is 15.5 Å². The summed E-state index contributed by atoms with van der Waals surface area (Å²) >= 11 is 0. The van der Waals surface area contributed by atoms with Gasteiger partial charge in [-0.3, -0.25) is 9.59 Å². The molecule has 0 bridgehead atoms. The van der Waals surface area contributed by atoms with Gasteiger partial charge in [0.05, 0.1) is 16.3 Å². The molecule has 1 aliphatic heterocycles. The zero-order chi connectivity index (χ0) is 24.7. The van der Waals surface area contributed by atoms with Crippen molar-refractivity contribution in [3.63, 3.8) is 0 Å². The van der Waals surface area contributed by atoms with Crippen LogP contribution < -0.4 is 15.5 Å². The Balaban J connectivity index is 1.89. The van der Waals surface area contributed by atoms with E-state index in [1.54, 1.807) is 42.5 Å². The van der Waals surface area contributed by atoms with Crippen LogP contribution in [0.3, 0.4) is 0 Å². The van der Waals surface area contributed by atoms with Gasteiger partial charge in [-0.25, -0.2) is 8.42 Å². The van der Waals surface area contributed by atoms with Crippen molar-refractivity contribution in [2.24, 2.45) is 0 Å². The van der Waals surface area contributed by atoms with E-state index in [0.717, 1.165) is 43.6 Å². The molecule has 1 aliphatic rings. The Bertz CT molecular complexity index is 1110. The minimum Gasteiger partial charge on any atom is -0.370 e. The molecule has 34 heavy (non-hydrogen) atoms. The Kier molecular flexibility index (Phi) is 8.68. The summed E-state index contributed by atoms with van der Waals surface area (Å²) in [6.07, 6.45) is 2.76. The van der Waals surface area contributed by atoms with Crippen LogP contribution in [0.5, 0.6) is 0 Å². The minimum atomic E-state index is -3.63. The summed E-state index contributed by atoms with van der Waals surface area (Å²) in [4.78, 5) is 26.4. The van der Waals surface area contributed by atoms with E-state index >= 15 is 0 Å². The molecule has 0 unspecified atom stereocenters. The van der Waals surface area contributed by atoms with Gasteiger partial charge in [-0.05, 0) is 62.6 Å². The lowest BCUT2D eigenvalue weighted by molar-refractivity contribution is -0.119. The van der Waals surface area contributed by atoms with E-state index in [2.05, 4.69) is 15.5 Å². The molecular weight excluding hydrogens is 452 g/mol. The standard InChI is InChI=1S/C25H34N4O4S/c1-4-28(5-2)24-14-13-22(34(32,33)29-15-7-6-8-16-29)17-23(24)27-25(31)21-11-9-20(10-12-21)18-26-19(3)30/h9-14,17H,4-8,15-16,18H2,1-3H3,(H,26,30)(H,27,31). The van der Waals surface area contributed by atoms with Crippen molar-refractivity contribution in [3.8, 4) is 0 Å². The number of benzene rings is 2. The van der Waals surface area contributed by atoms with Crippen molar-refractivity contribution in [2.45, 2.75) is 51.5 Å². The highest BCUT2D eigenvalue weighted by molar-refractivity contribution is 7.89. The van der Waals surface area contributed by atoms with E-state index in [0.29, 0.717) is 30.9 Å². The Hall–Kier alpha value is -2.91. The smallest absolute Gasteiger partial charge is 0.255 e. The number of hydrogen-bond acceptors (Lipinski definition) is 5. The molecule has 2 aromatic carbocycles. The van der Waals surface area contributed by atoms with Gasteiger partial charge in [0.1, 0.15) is 0 Å². The quantitative estimate of drug-likeness (QED) is 0.564. The Morgan fingerprint density at radius 2 is 1.62 bits per heavy atom. The number of anilines is 2. The summed E-state index contributed by atoms with van der Waals surface area (Å²) < 4.78 is 28.0. The van der Waals surface area contributed by atoms with Crippen molar-refractivity contribution < 1.29 is 18.0 Å². The molecule has 1 heterocycles. The van der Waals surface area contributed by atoms with Crippen LogP contribution in [0.1, 0.15) is 56.0 Å². The van der Waals surface area contributed by atoms with Crippen LogP contribution in [-0.2, 0) is 21.4 Å². The average Bonchev–Trinajstić information content (AvgIpc) is 2.85. The van der Waals surface area contributed by atoms with Crippen LogP contribution in [0.15, 0.2) is 47.4 Å². The largest absolute Gasteiger partial charge is 0.370 e. The molecule has 8 nitrogen and oxygen atoms in total. The molecular formula is C25H34N4O4S. The van der Waals surface area contributed by atoms with E-state index in [4.69, 9.17) is 0 Å². The van der Waals surface area contributed by atoms with Crippen LogP contribution in [0.2, 0.25) is 0 Å². The van der Waals surface area contributed by atoms with Crippen LogP contribution in [0, 0.1) is 0 Å². The zero-order valence-electron chi connectivity index (χ0n) is 20.1. The number of carbonyl (C=O) groups excluding carboxylic acids is 2. The van der Waals surface area contributed by atoms with Gasteiger partial charge in [0.15, 0.2) is 0 Å². The first-order valence-electron chi connectivity index (χ1n) is 11.8. The Morgan fingerprint density at radius 3 is 2.21 bits per heavy atom. The number of sulfonamides is 1. The second kappa shape index (κ2) is 11.5. The maximum atomic E-state index is 13.2. The summed E-state index contributed by atoms with van der Waals surface area (Å²) in [5, 5.41) is 5.65. The van der Waals surface area contributed by atoms with E-state index < -0.39 is 10.0 Å². The van der Waals surface area contributed by atoms with Gasteiger partial charge in [0.2, 0.25) is 15.9 Å². The van der Waals surface area contributed by atoms with Crippen molar-refractivity contribution in [1.29, 1.82) is 0 Å². The van der Waals surface area contributed by atoms with Gasteiger partial charge in [-0.2, -0.15) is 4.31 Å². The fourth-order valence-corrected chi connectivity index (χ4v) is 5.61. The molecule has 1 saturated heterocycles. The van der Waals surface area contributed by atoms with E-state index in [9.17, 15) is 18.0 Å². The predicted octanol–water partition coefficient (Wildman–Crippen LogP) is 3.60. The Labute approximate surface area is 202 Å². The fraction of sp³-hybridized carbons (Fsp3) is 0.440. The zero-order valence-corrected chi connectivity index (χ0v) is 21.0. The number of amides is 2. The molecule has 1 fully saturated rings. The lowest BCUT2D eigenvalue weighted by Gasteiger charge is -2.28. The third kappa shape index (κ3) is 6.15. The van der Waals surface area contributed by atoms with Gasteiger partial charge >= 0.3 is 0 Å². The summed E-state index contributed by atoms with van der Waals surface area (Å²) in [7, 11) is -3.63. The fourth-order valence-electron chi connectivity index (χ4n) is 4.07. The van der Waals surface area contributed by atoms with E-state index in [1.807, 2.05) is 13.8 Å². The molecule has 0 radical (unpaired) electrons. The highest BCUT2D eigenvalue weighted by Gasteiger charge is 2.27. The molecule has 184 valence electrons. The number of piperidine rings is 1. The second-order valence-corrected chi connectivity index (χ2v) is 10.3. The van der Waals surface area contributed by atoms with Crippen LogP contribution in [0.25, 0.3) is 0 Å². The van der Waals surface area contributed by atoms with Crippen molar-refractivity contribution in [3.05, 3.63) is 53.6 Å². The lowest BCUT2D eigenvalue weighted by atomic mass is 10.1. The molecule has 9 heteroatoms. The molecule has 2 N–H and O–H groups in total. The van der Waals surface area contributed by atoms with Gasteiger partial charge in [0.25, 0.3) is 5.91 Å². The first-order chi connectivity index (χ1) is 16.3. The van der Waals surface area contributed by atoms with Gasteiger partial charge in [-0.15, -0.1) is 0 Å². The first kappa shape index (κ1) is 25.7. The molecule has 3 rings (SSSR count). The lowest BCUT2D eigenvalue weighted by Crippen LogP contribution is -2.35. The highest BCUT2D eigenvalue weighted by atomic mass is 32.2. The maximum Gasteiger partial charge on any atom is 0.255 e. The number of nitrogens with one attached hydrogen (secondary N) is 2. The first-order valence-corrected chi connectivity index (χ1v) is 13.2. The van der Waals surface area contributed by atoms with Crippen LogP contribution in [-0.4, -0.2) is 50.7 Å². The van der Waals surface area contributed by atoms with Gasteiger partial charge in [0, 0.05) is 45.2 Å². The maximum absolute atomic E-state index is 13.2. The number of carbonyl (C=O) groups is 2. The number of nitrogens with zero attached hydrogens (tertiary/aromatic N) is 2. The van der Waals surface area contributed by atoms with Crippen LogP contribution >= 0.6 is 0 Å². The SMILES string of the molecule is CCN(CC)c1ccc(S(=O)(=O)N2CCCCC2)cc1NC(=O)c1ccc(CNC(C)=O)cc1. The van der Waals surface area contributed by atoms with Crippen LogP contribution in [0.4, 0.5) is 11.4 Å². The molecule has 0 spiro atoms. The number of hydrogen-bond donors (Lipinski definition) is 2. The molecule has 0 saturated carbocycles. The normalized spacial score (nSPS) is 14.4. The monoisotopic (exact) mass is 486 g/mol. The summed E-state index contributed by atoms with van der Waals surface area (Å²) in [6.45, 7) is 8.35. The predicted molar refractivity (Wildman–Crippen MR) is 135 cm³/mol. The number of rotatable bonds is 9. The average molecular weight is 487 g/mol. The molecule has 0 aromatic heterocycles. The second-order valence-electron chi connectivity index (χ2n) is 8.38. The minimum absolute atomic E-state index is 0.120. The third-order valence-corrected chi connectivity index (χ3v) is 7.93. The molecule has 2 aromatic rings. The summed E-state index contributed by atoms with van der Waals surface area (Å²) in [5.74, 6) is -0.447. The Morgan fingerprint density at radius 1 is 0.971 bits per heavy atom. The third-order valence-electron chi connectivity index (χ3n) is 6.03. The van der Waals surface area contributed by atoms with E-state index in [1.165, 1.54) is 11.2 Å². The van der Waals surface area contributed by atoms with Crippen molar-refractivity contribution >= 4 is 33.2 Å². The summed E-state index contributed by atoms with van der Waals surface area (Å²) in [6, 6.07) is 11.9. The highest BCUT2D eigenvalue weighted by Crippen LogP contribution is 2.31. The molecule has 0 atom stereocenters. The van der Waals surface area contributed by atoms with Gasteiger partial charge in [-0.1, -0.05) is 18.6 Å². The van der Waals surface area contributed by atoms with Crippen molar-refractivity contribution in [1.82, 2.24) is 9.62 Å².